The van der Waals surface area contributed by atoms with Crippen LogP contribution in [0.25, 0.3) is 0 Å². The number of aliphatic imine (C=N–C) groups is 1. The lowest BCUT2D eigenvalue weighted by molar-refractivity contribution is 0.347. The van der Waals surface area contributed by atoms with Gasteiger partial charge in [-0.2, -0.15) is 0 Å². The Morgan fingerprint density at radius 3 is 2.69 bits per heavy atom. The van der Waals surface area contributed by atoms with Crippen LogP contribution in [0.15, 0.2) is 59.1 Å². The van der Waals surface area contributed by atoms with Gasteiger partial charge in [0.25, 0.3) is 0 Å². The number of ether oxygens (including phenoxy) is 1. The van der Waals surface area contributed by atoms with Crippen LogP contribution in [0.5, 0.6) is 5.75 Å². The molecule has 6 nitrogen and oxygen atoms in total. The molecule has 1 aromatic carbocycles. The van der Waals surface area contributed by atoms with Crippen molar-refractivity contribution in [2.24, 2.45) is 4.99 Å². The van der Waals surface area contributed by atoms with E-state index >= 15 is 0 Å². The minimum Gasteiger partial charge on any atom is -0.487 e. The van der Waals surface area contributed by atoms with Crippen LogP contribution in [0, 0.1) is 30.6 Å². The minimum absolute atomic E-state index is 0.179. The van der Waals surface area contributed by atoms with Crippen molar-refractivity contribution in [1.29, 1.82) is 0 Å². The molecule has 2 N–H and O–H groups in total. The average Bonchev–Trinajstić information content (AvgIpc) is 3.41. The van der Waals surface area contributed by atoms with Gasteiger partial charge in [-0.1, -0.05) is 30.6 Å². The van der Waals surface area contributed by atoms with Gasteiger partial charge in [-0.05, 0) is 68.3 Å². The minimum atomic E-state index is -0.271. The summed E-state index contributed by atoms with van der Waals surface area (Å²) in [6.07, 6.45) is 8.55. The molecule has 0 radical (unpaired) electrons. The number of aromatic nitrogens is 1. The van der Waals surface area contributed by atoms with Gasteiger partial charge < -0.3 is 19.8 Å². The van der Waals surface area contributed by atoms with Crippen LogP contribution in [0.3, 0.4) is 0 Å². The van der Waals surface area contributed by atoms with E-state index in [1.165, 1.54) is 25.7 Å². The molecule has 1 aromatic heterocycles. The predicted molar refractivity (Wildman–Crippen MR) is 144 cm³/mol. The van der Waals surface area contributed by atoms with E-state index in [-0.39, 0.29) is 19.8 Å². The first kappa shape index (κ1) is 26.4. The van der Waals surface area contributed by atoms with Crippen LogP contribution < -0.4 is 9.64 Å². The maximum Gasteiger partial charge on any atom is 0.135 e. The molecule has 0 bridgehead atoms. The van der Waals surface area contributed by atoms with E-state index in [2.05, 4.69) is 45.3 Å². The molecule has 0 amide bonds. The molecule has 1 aliphatic carbocycles. The Morgan fingerprint density at radius 1 is 1.23 bits per heavy atom. The topological polar surface area (TPSA) is 78.2 Å². The molecule has 35 heavy (non-hydrogen) atoms. The first-order valence-electron chi connectivity index (χ1n) is 11.6. The van der Waals surface area contributed by atoms with Crippen molar-refractivity contribution in [2.75, 3.05) is 30.6 Å². The van der Waals surface area contributed by atoms with Gasteiger partial charge in [0.15, 0.2) is 0 Å². The highest BCUT2D eigenvalue weighted by molar-refractivity contribution is 8.00. The molecule has 1 fully saturated rings. The highest BCUT2D eigenvalue weighted by atomic mass is 32.2. The van der Waals surface area contributed by atoms with Crippen LogP contribution in [0.2, 0.25) is 0 Å². The molecule has 1 saturated carbocycles. The molecule has 0 aliphatic heterocycles. The second-order valence-corrected chi connectivity index (χ2v) is 9.24. The van der Waals surface area contributed by atoms with Gasteiger partial charge >= 0.3 is 0 Å². The van der Waals surface area contributed by atoms with Gasteiger partial charge in [0.1, 0.15) is 31.3 Å². The molecule has 1 aliphatic rings. The van der Waals surface area contributed by atoms with E-state index in [4.69, 9.17) is 9.84 Å². The number of rotatable bonds is 9. The molecule has 7 heteroatoms. The third kappa shape index (κ3) is 7.90. The number of hydrogen-bond acceptors (Lipinski definition) is 7. The quantitative estimate of drug-likeness (QED) is 0.313. The van der Waals surface area contributed by atoms with Gasteiger partial charge in [-0.25, -0.2) is 0 Å². The van der Waals surface area contributed by atoms with Crippen molar-refractivity contribution in [3.8, 4) is 29.4 Å². The number of thioether (sulfide) groups is 1. The van der Waals surface area contributed by atoms with Crippen molar-refractivity contribution in [3.63, 3.8) is 0 Å². The third-order valence-electron chi connectivity index (χ3n) is 5.62. The Kier molecular flexibility index (Phi) is 10.7. The third-order valence-corrected chi connectivity index (χ3v) is 6.97. The molecule has 2 aromatic rings. The zero-order chi connectivity index (χ0) is 24.9. The average molecular weight is 490 g/mol. The number of nitrogens with zero attached hydrogens (tertiary/aromatic N) is 3. The van der Waals surface area contributed by atoms with Gasteiger partial charge in [-0.15, -0.1) is 11.8 Å². The summed E-state index contributed by atoms with van der Waals surface area (Å²) in [6.45, 7) is 5.43. The number of aliphatic hydroxyl groups excluding tert-OH is 2. The summed E-state index contributed by atoms with van der Waals surface area (Å²) >= 11 is 1.91. The van der Waals surface area contributed by atoms with Gasteiger partial charge in [0.2, 0.25) is 0 Å². The zero-order valence-corrected chi connectivity index (χ0v) is 20.9. The fraction of sp³-hybridized carbons (Fsp3) is 0.357. The maximum atomic E-state index is 9.28. The summed E-state index contributed by atoms with van der Waals surface area (Å²) < 4.78 is 6.20. The molecule has 1 heterocycles. The first-order chi connectivity index (χ1) is 17.2. The van der Waals surface area contributed by atoms with Crippen LogP contribution in [0.1, 0.15) is 36.8 Å². The molecule has 0 unspecified atom stereocenters. The standard InChI is InChI=1S/C28H31N3O3S/c1-22-18-25(14-13-23(22)8-6-16-32)34-20-28(27(29-2)12-7-17-33)31(24-9-5-15-30-19-24)21-35-26-10-3-4-11-26/h5,9,13-15,18-19,26,32-33H,2-4,10-11,16-17,20-21H2,1H3/b28-27-. The van der Waals surface area contributed by atoms with E-state index in [1.54, 1.807) is 6.20 Å². The molecular formula is C28H31N3O3S. The fourth-order valence-electron chi connectivity index (χ4n) is 3.81. The molecule has 0 spiro atoms. The number of pyridine rings is 1. The number of aryl methyl sites for hydroxylation is 1. The fourth-order valence-corrected chi connectivity index (χ4v) is 5.14. The van der Waals surface area contributed by atoms with Crippen LogP contribution in [-0.4, -0.2) is 52.9 Å². The molecule has 0 saturated heterocycles. The van der Waals surface area contributed by atoms with Gasteiger partial charge in [-0.3, -0.25) is 9.98 Å². The summed E-state index contributed by atoms with van der Waals surface area (Å²) in [5.74, 6) is 12.6. The van der Waals surface area contributed by atoms with Crippen LogP contribution in [-0.2, 0) is 0 Å². The summed E-state index contributed by atoms with van der Waals surface area (Å²) in [7, 11) is 0. The highest BCUT2D eigenvalue weighted by Crippen LogP contribution is 2.33. The van der Waals surface area contributed by atoms with E-state index in [9.17, 15) is 5.11 Å². The lowest BCUT2D eigenvalue weighted by atomic mass is 10.1. The molecule has 0 atom stereocenters. The Balaban J connectivity index is 1.92. The van der Waals surface area contributed by atoms with Crippen LogP contribution in [0.4, 0.5) is 5.69 Å². The van der Waals surface area contributed by atoms with Crippen molar-refractivity contribution in [1.82, 2.24) is 4.98 Å². The van der Waals surface area contributed by atoms with Crippen LogP contribution >= 0.6 is 11.8 Å². The Bertz CT molecular complexity index is 1140. The summed E-state index contributed by atoms with van der Waals surface area (Å²) in [5.41, 5.74) is 3.92. The van der Waals surface area contributed by atoms with E-state index in [0.717, 1.165) is 22.5 Å². The second-order valence-electron chi connectivity index (χ2n) is 7.98. The molecule has 3 rings (SSSR count). The smallest absolute Gasteiger partial charge is 0.135 e. The van der Waals surface area contributed by atoms with Gasteiger partial charge in [0.05, 0.1) is 23.5 Å². The largest absolute Gasteiger partial charge is 0.487 e. The SMILES string of the molecule is C=N/C(C#CCO)=C(/COc1ccc(C#CCO)c(C)c1)N(CSC1CCCC1)c1cccnc1. The predicted octanol–water partition coefficient (Wildman–Crippen LogP) is 4.16. The molecular weight excluding hydrogens is 458 g/mol. The van der Waals surface area contributed by atoms with Crippen molar-refractivity contribution >= 4 is 24.2 Å². The number of hydrogen-bond donors (Lipinski definition) is 2. The van der Waals surface area contributed by atoms with E-state index in [0.29, 0.717) is 22.6 Å². The van der Waals surface area contributed by atoms with Crippen molar-refractivity contribution in [2.45, 2.75) is 37.9 Å². The Morgan fingerprint density at radius 2 is 2.03 bits per heavy atom. The number of allylic oxidation sites excluding steroid dienone is 1. The van der Waals surface area contributed by atoms with Crippen molar-refractivity contribution in [3.05, 3.63) is 65.2 Å². The zero-order valence-electron chi connectivity index (χ0n) is 20.0. The van der Waals surface area contributed by atoms with E-state index < -0.39 is 0 Å². The number of benzene rings is 1. The summed E-state index contributed by atoms with van der Waals surface area (Å²) in [4.78, 5) is 10.6. The van der Waals surface area contributed by atoms with Crippen molar-refractivity contribution < 1.29 is 14.9 Å². The lowest BCUT2D eigenvalue weighted by Crippen LogP contribution is -2.28. The monoisotopic (exact) mass is 489 g/mol. The highest BCUT2D eigenvalue weighted by Gasteiger charge is 2.21. The van der Waals surface area contributed by atoms with Gasteiger partial charge in [0, 0.05) is 17.0 Å². The second kappa shape index (κ2) is 14.2. The number of anilines is 1. The lowest BCUT2D eigenvalue weighted by Gasteiger charge is -2.28. The normalized spacial score (nSPS) is 13.7. The molecule has 182 valence electrons. The number of aliphatic hydroxyl groups is 2. The van der Waals surface area contributed by atoms with E-state index in [1.807, 2.05) is 55.2 Å². The maximum absolute atomic E-state index is 9.28. The summed E-state index contributed by atoms with van der Waals surface area (Å²) in [5, 5.41) is 18.9. The Hall–Kier alpha value is -3.23. The Labute approximate surface area is 212 Å². The summed E-state index contributed by atoms with van der Waals surface area (Å²) in [6, 6.07) is 9.55. The first-order valence-corrected chi connectivity index (χ1v) is 12.6.